The molecule has 2 saturated heterocycles. The number of hydrogen-bond donors (Lipinski definition) is 1. The van der Waals surface area contributed by atoms with E-state index >= 15 is 0 Å². The van der Waals surface area contributed by atoms with Crippen molar-refractivity contribution in [2.45, 2.75) is 57.8 Å². The number of anilines is 2. The van der Waals surface area contributed by atoms with E-state index in [4.69, 9.17) is 14.0 Å². The molecule has 2 aromatic heterocycles. The molecule has 2 fully saturated rings. The Kier molecular flexibility index (Phi) is 6.10. The quantitative estimate of drug-likeness (QED) is 0.380. The van der Waals surface area contributed by atoms with Crippen molar-refractivity contribution in [3.05, 3.63) is 42.2 Å². The van der Waals surface area contributed by atoms with E-state index in [2.05, 4.69) is 66.0 Å². The van der Waals surface area contributed by atoms with Crippen LogP contribution in [-0.4, -0.2) is 64.4 Å². The fraction of sp³-hybridized carbons (Fsp3) is 0.444. The SMILES string of the molecule is CN1CCC(Oc2cc(B3OC(C)(C)C(C)(C)O3)cc3ncnc(Nc4ccc5ncsc5c4)c23)CC1. The van der Waals surface area contributed by atoms with Crippen molar-refractivity contribution in [3.8, 4) is 5.75 Å². The Hall–Kier alpha value is -2.79. The molecular weight excluding hydrogens is 485 g/mol. The van der Waals surface area contributed by atoms with Crippen LogP contribution in [0.5, 0.6) is 5.75 Å². The van der Waals surface area contributed by atoms with E-state index in [9.17, 15) is 0 Å². The third-order valence-corrected chi connectivity index (χ3v) is 8.59. The van der Waals surface area contributed by atoms with Crippen molar-refractivity contribution in [3.63, 3.8) is 0 Å². The van der Waals surface area contributed by atoms with Crippen LogP contribution in [0.2, 0.25) is 0 Å². The zero-order chi connectivity index (χ0) is 25.8. The maximum Gasteiger partial charge on any atom is 0.495 e. The van der Waals surface area contributed by atoms with Gasteiger partial charge in [0.05, 0.1) is 37.8 Å². The number of nitrogens with zero attached hydrogens (tertiary/aromatic N) is 4. The molecule has 0 atom stereocenters. The lowest BCUT2D eigenvalue weighted by Gasteiger charge is -2.32. The van der Waals surface area contributed by atoms with Gasteiger partial charge in [-0.15, -0.1) is 11.3 Å². The Balaban J connectivity index is 1.41. The maximum absolute atomic E-state index is 6.69. The van der Waals surface area contributed by atoms with Gasteiger partial charge in [0.2, 0.25) is 0 Å². The van der Waals surface area contributed by atoms with Gasteiger partial charge in [-0.2, -0.15) is 0 Å². The molecule has 10 heteroatoms. The maximum atomic E-state index is 6.69. The van der Waals surface area contributed by atoms with Crippen LogP contribution in [0.3, 0.4) is 0 Å². The summed E-state index contributed by atoms with van der Waals surface area (Å²) in [5.41, 5.74) is 4.60. The van der Waals surface area contributed by atoms with E-state index < -0.39 is 18.3 Å². The molecule has 0 amide bonds. The lowest BCUT2D eigenvalue weighted by molar-refractivity contribution is 0.00578. The number of likely N-dealkylation sites (tertiary alicyclic amines) is 1. The molecule has 4 heterocycles. The molecule has 0 radical (unpaired) electrons. The van der Waals surface area contributed by atoms with E-state index in [1.54, 1.807) is 17.7 Å². The Bertz CT molecular complexity index is 1430. The molecule has 6 rings (SSSR count). The zero-order valence-corrected chi connectivity index (χ0v) is 22.8. The van der Waals surface area contributed by atoms with Crippen molar-refractivity contribution >= 4 is 56.5 Å². The number of thiazole rings is 1. The van der Waals surface area contributed by atoms with E-state index in [1.807, 2.05) is 29.8 Å². The average molecular weight is 517 g/mol. The Labute approximate surface area is 221 Å². The summed E-state index contributed by atoms with van der Waals surface area (Å²) in [5, 5.41) is 4.36. The molecule has 0 saturated carbocycles. The van der Waals surface area contributed by atoms with Crippen LogP contribution in [0.4, 0.5) is 11.5 Å². The zero-order valence-electron chi connectivity index (χ0n) is 21.9. The van der Waals surface area contributed by atoms with E-state index in [0.717, 1.165) is 64.0 Å². The molecule has 2 aliphatic heterocycles. The van der Waals surface area contributed by atoms with Gasteiger partial charge in [0, 0.05) is 18.8 Å². The summed E-state index contributed by atoms with van der Waals surface area (Å²) >= 11 is 1.62. The lowest BCUT2D eigenvalue weighted by Crippen LogP contribution is -2.41. The highest BCUT2D eigenvalue weighted by Gasteiger charge is 2.52. The summed E-state index contributed by atoms with van der Waals surface area (Å²) in [4.78, 5) is 16.0. The van der Waals surface area contributed by atoms with Crippen LogP contribution in [0.25, 0.3) is 21.1 Å². The number of hydrogen-bond acceptors (Lipinski definition) is 9. The van der Waals surface area contributed by atoms with Gasteiger partial charge in [-0.3, -0.25) is 0 Å². The van der Waals surface area contributed by atoms with Crippen molar-refractivity contribution in [2.75, 3.05) is 25.5 Å². The fourth-order valence-corrected chi connectivity index (χ4v) is 5.55. The van der Waals surface area contributed by atoms with E-state index in [0.29, 0.717) is 5.82 Å². The normalized spacial score (nSPS) is 20.1. The third kappa shape index (κ3) is 4.67. The lowest BCUT2D eigenvalue weighted by atomic mass is 9.78. The van der Waals surface area contributed by atoms with Gasteiger partial charge in [0.25, 0.3) is 0 Å². The number of benzene rings is 2. The van der Waals surface area contributed by atoms with Gasteiger partial charge < -0.3 is 24.3 Å². The van der Waals surface area contributed by atoms with Crippen LogP contribution < -0.4 is 15.5 Å². The highest BCUT2D eigenvalue weighted by Crippen LogP contribution is 2.38. The first kappa shape index (κ1) is 24.5. The number of ether oxygens (including phenoxy) is 1. The summed E-state index contributed by atoms with van der Waals surface area (Å²) in [6, 6.07) is 10.2. The topological polar surface area (TPSA) is 81.6 Å². The van der Waals surface area contributed by atoms with Crippen LogP contribution in [0, 0.1) is 0 Å². The third-order valence-electron chi connectivity index (χ3n) is 7.80. The second-order valence-electron chi connectivity index (χ2n) is 11.0. The van der Waals surface area contributed by atoms with Crippen LogP contribution in [0.1, 0.15) is 40.5 Å². The van der Waals surface area contributed by atoms with Crippen LogP contribution >= 0.6 is 11.3 Å². The van der Waals surface area contributed by atoms with Gasteiger partial charge in [0.1, 0.15) is 24.0 Å². The van der Waals surface area contributed by atoms with Crippen LogP contribution in [-0.2, 0) is 9.31 Å². The monoisotopic (exact) mass is 517 g/mol. The molecule has 8 nitrogen and oxygen atoms in total. The molecule has 2 aromatic carbocycles. The predicted molar refractivity (Wildman–Crippen MR) is 149 cm³/mol. The molecule has 0 aliphatic carbocycles. The average Bonchev–Trinajstić information content (AvgIpc) is 3.41. The van der Waals surface area contributed by atoms with Gasteiger partial charge in [-0.05, 0) is 83.4 Å². The van der Waals surface area contributed by atoms with Gasteiger partial charge in [0.15, 0.2) is 0 Å². The van der Waals surface area contributed by atoms with Crippen molar-refractivity contribution in [1.82, 2.24) is 19.9 Å². The summed E-state index contributed by atoms with van der Waals surface area (Å²) < 4.78 is 20.5. The Morgan fingerprint density at radius 1 is 1.00 bits per heavy atom. The summed E-state index contributed by atoms with van der Waals surface area (Å²) in [5.74, 6) is 1.45. The van der Waals surface area contributed by atoms with Gasteiger partial charge >= 0.3 is 7.12 Å². The number of piperidine rings is 1. The largest absolute Gasteiger partial charge is 0.495 e. The van der Waals surface area contributed by atoms with E-state index in [1.165, 1.54) is 0 Å². The Morgan fingerprint density at radius 2 is 1.76 bits per heavy atom. The van der Waals surface area contributed by atoms with Crippen molar-refractivity contribution < 1.29 is 14.0 Å². The molecule has 0 unspecified atom stereocenters. The molecule has 0 bridgehead atoms. The van der Waals surface area contributed by atoms with Crippen LogP contribution in [0.15, 0.2) is 42.2 Å². The summed E-state index contributed by atoms with van der Waals surface area (Å²) in [6.45, 7) is 10.3. The molecule has 0 spiro atoms. The highest BCUT2D eigenvalue weighted by molar-refractivity contribution is 7.16. The minimum absolute atomic E-state index is 0.120. The second kappa shape index (κ2) is 9.20. The minimum Gasteiger partial charge on any atom is -0.489 e. The first-order valence-electron chi connectivity index (χ1n) is 12.8. The predicted octanol–water partition coefficient (Wildman–Crippen LogP) is 4.76. The minimum atomic E-state index is -0.505. The molecule has 4 aromatic rings. The number of nitrogens with one attached hydrogen (secondary N) is 1. The number of fused-ring (bicyclic) bond motifs is 2. The number of rotatable bonds is 5. The first-order valence-corrected chi connectivity index (χ1v) is 13.7. The highest BCUT2D eigenvalue weighted by atomic mass is 32.1. The second-order valence-corrected chi connectivity index (χ2v) is 11.9. The summed E-state index contributed by atoms with van der Waals surface area (Å²) in [7, 11) is 1.65. The molecule has 2 aliphatic rings. The van der Waals surface area contributed by atoms with Crippen molar-refractivity contribution in [1.29, 1.82) is 0 Å². The summed E-state index contributed by atoms with van der Waals surface area (Å²) in [6.07, 6.45) is 3.65. The fourth-order valence-electron chi connectivity index (χ4n) is 4.83. The first-order chi connectivity index (χ1) is 17.7. The van der Waals surface area contributed by atoms with Gasteiger partial charge in [-0.1, -0.05) is 0 Å². The smallest absolute Gasteiger partial charge is 0.489 e. The molecule has 1 N–H and O–H groups in total. The molecular formula is C27H32BN5O3S. The number of aromatic nitrogens is 3. The van der Waals surface area contributed by atoms with Crippen molar-refractivity contribution in [2.24, 2.45) is 0 Å². The standard InChI is InChI=1S/C27H32BN5O3S/c1-26(2)27(3,4)36-28(35-26)17-12-21-24(22(13-17)34-19-8-10-33(5)11-9-19)25(30-15-29-21)32-18-6-7-20-23(14-18)37-16-31-20/h6-7,12-16,19H,8-11H2,1-5H3,(H,29,30,32). The van der Waals surface area contributed by atoms with Gasteiger partial charge in [-0.25, -0.2) is 15.0 Å². The molecule has 192 valence electrons. The molecule has 37 heavy (non-hydrogen) atoms. The Morgan fingerprint density at radius 3 is 2.51 bits per heavy atom. The van der Waals surface area contributed by atoms with E-state index in [-0.39, 0.29) is 6.10 Å².